The molecule has 1 aromatic heterocycles. The molecule has 28 heavy (non-hydrogen) atoms. The first-order valence-corrected chi connectivity index (χ1v) is 9.65. The molecule has 0 spiro atoms. The molecule has 2 aromatic rings. The lowest BCUT2D eigenvalue weighted by atomic mass is 10.2. The lowest BCUT2D eigenvalue weighted by molar-refractivity contribution is -0.119. The number of carbonyl (C=O) groups is 2. The Morgan fingerprint density at radius 1 is 1.14 bits per heavy atom. The van der Waals surface area contributed by atoms with Gasteiger partial charge in [0.1, 0.15) is 0 Å². The summed E-state index contributed by atoms with van der Waals surface area (Å²) < 4.78 is 0. The van der Waals surface area contributed by atoms with Gasteiger partial charge in [-0.05, 0) is 26.1 Å². The van der Waals surface area contributed by atoms with E-state index in [1.54, 1.807) is 4.90 Å². The first-order chi connectivity index (χ1) is 12.5. The van der Waals surface area contributed by atoms with Gasteiger partial charge >= 0.3 is 0 Å². The van der Waals surface area contributed by atoms with E-state index in [0.717, 1.165) is 42.4 Å². The van der Waals surface area contributed by atoms with Gasteiger partial charge in [0.05, 0.1) is 29.2 Å². The van der Waals surface area contributed by atoms with Crippen LogP contribution in [-0.2, 0) is 4.79 Å². The van der Waals surface area contributed by atoms with E-state index in [1.165, 1.54) is 11.3 Å². The first-order valence-electron chi connectivity index (χ1n) is 8.77. The normalized spacial score (nSPS) is 16.8. The van der Waals surface area contributed by atoms with Crippen molar-refractivity contribution in [3.8, 4) is 0 Å². The van der Waals surface area contributed by atoms with E-state index in [-0.39, 0.29) is 45.8 Å². The lowest BCUT2D eigenvalue weighted by Gasteiger charge is -2.33. The number of likely N-dealkylation sites (N-methyl/N-ethyl adjacent to an activating group) is 1. The first kappa shape index (κ1) is 23.0. The van der Waals surface area contributed by atoms with Gasteiger partial charge in [-0.15, -0.1) is 45.3 Å². The molecule has 0 bridgehead atoms. The predicted octanol–water partition coefficient (Wildman–Crippen LogP) is 3.69. The topological polar surface area (TPSA) is 55.9 Å². The number of aryl methyl sites for hydroxylation is 1. The Morgan fingerprint density at radius 3 is 2.54 bits per heavy atom. The average Bonchev–Trinajstić information content (AvgIpc) is 2.94. The van der Waals surface area contributed by atoms with Crippen LogP contribution in [0.1, 0.15) is 15.2 Å². The fourth-order valence-electron chi connectivity index (χ4n) is 3.50. The molecule has 6 nitrogen and oxygen atoms in total. The maximum absolute atomic E-state index is 13.3. The summed E-state index contributed by atoms with van der Waals surface area (Å²) in [5.74, 6) is -0.159. The van der Waals surface area contributed by atoms with Gasteiger partial charge in [0.15, 0.2) is 0 Å². The Morgan fingerprint density at radius 2 is 1.82 bits per heavy atom. The van der Waals surface area contributed by atoms with Crippen LogP contribution in [0, 0.1) is 6.92 Å². The number of nitrogens with one attached hydrogen (secondary N) is 1. The van der Waals surface area contributed by atoms with Gasteiger partial charge in [0, 0.05) is 36.4 Å². The highest BCUT2D eigenvalue weighted by atomic mass is 79.9. The smallest absolute Gasteiger partial charge is 0.258 e. The number of para-hydroxylation sites is 2. The number of carbonyl (C=O) groups excluding carboxylic acids is 2. The van der Waals surface area contributed by atoms with Gasteiger partial charge in [0.25, 0.3) is 5.91 Å². The summed E-state index contributed by atoms with van der Waals surface area (Å²) in [5, 5.41) is 4.78. The summed E-state index contributed by atoms with van der Waals surface area (Å²) in [5.41, 5.74) is 2.69. The number of piperazine rings is 1. The summed E-state index contributed by atoms with van der Waals surface area (Å²) >= 11 is 1.50. The molecule has 0 atom stereocenters. The van der Waals surface area contributed by atoms with Gasteiger partial charge in [-0.1, -0.05) is 12.1 Å². The molecule has 152 valence electrons. The van der Waals surface area contributed by atoms with Crippen molar-refractivity contribution in [2.75, 3.05) is 50.0 Å². The minimum atomic E-state index is -0.160. The second kappa shape index (κ2) is 9.49. The number of rotatable bonds is 2. The lowest BCUT2D eigenvalue weighted by Crippen LogP contribution is -2.48. The van der Waals surface area contributed by atoms with Gasteiger partial charge in [-0.3, -0.25) is 19.4 Å². The zero-order valence-corrected chi connectivity index (χ0v) is 20.0. The molecule has 2 amide bonds. The zero-order valence-electron chi connectivity index (χ0n) is 15.8. The monoisotopic (exact) mass is 530 g/mol. The van der Waals surface area contributed by atoms with Crippen LogP contribution >= 0.6 is 45.3 Å². The number of halogens is 2. The number of nitrogens with zero attached hydrogens (tertiary/aromatic N) is 3. The molecule has 1 fully saturated rings. The molecule has 0 aliphatic carbocycles. The predicted molar refractivity (Wildman–Crippen MR) is 125 cm³/mol. The van der Waals surface area contributed by atoms with E-state index < -0.39 is 0 Å². The number of hydrogen-bond acceptors (Lipinski definition) is 5. The third kappa shape index (κ3) is 4.33. The van der Waals surface area contributed by atoms with Crippen LogP contribution in [0.2, 0.25) is 0 Å². The van der Waals surface area contributed by atoms with Crippen LogP contribution in [0.3, 0.4) is 0 Å². The van der Waals surface area contributed by atoms with Crippen LogP contribution in [0.25, 0.3) is 0 Å². The van der Waals surface area contributed by atoms with E-state index in [2.05, 4.69) is 22.2 Å². The highest BCUT2D eigenvalue weighted by Crippen LogP contribution is 2.42. The van der Waals surface area contributed by atoms with E-state index >= 15 is 0 Å². The number of benzene rings is 1. The third-order valence-electron chi connectivity index (χ3n) is 5.01. The van der Waals surface area contributed by atoms with E-state index in [4.69, 9.17) is 0 Å². The van der Waals surface area contributed by atoms with E-state index in [9.17, 15) is 9.59 Å². The molecule has 2 aliphatic heterocycles. The fraction of sp³-hybridized carbons (Fsp3) is 0.368. The molecule has 0 radical (unpaired) electrons. The second-order valence-corrected chi connectivity index (χ2v) is 7.92. The Labute approximate surface area is 190 Å². The van der Waals surface area contributed by atoms with Crippen molar-refractivity contribution >= 4 is 74.2 Å². The summed E-state index contributed by atoms with van der Waals surface area (Å²) in [6.45, 7) is 6.00. The minimum Gasteiger partial charge on any atom is -0.320 e. The van der Waals surface area contributed by atoms with E-state index in [1.807, 2.05) is 36.6 Å². The molecule has 4 rings (SSSR count). The number of anilines is 3. The van der Waals surface area contributed by atoms with Crippen LogP contribution in [0.15, 0.2) is 29.6 Å². The Bertz CT molecular complexity index is 865. The highest BCUT2D eigenvalue weighted by molar-refractivity contribution is 8.93. The van der Waals surface area contributed by atoms with E-state index in [0.29, 0.717) is 17.8 Å². The largest absolute Gasteiger partial charge is 0.320 e. The molecule has 3 heterocycles. The SMILES string of the molecule is Br.Br.Cc1scc2c1N(C(=O)CN1CCN(C)CC1)c1ccccc1NC2=O. The van der Waals surface area contributed by atoms with Crippen molar-refractivity contribution in [2.45, 2.75) is 6.92 Å². The molecule has 1 aromatic carbocycles. The number of fused-ring (bicyclic) bond motifs is 2. The summed E-state index contributed by atoms with van der Waals surface area (Å²) in [7, 11) is 2.10. The van der Waals surface area contributed by atoms with Crippen LogP contribution in [0.5, 0.6) is 0 Å². The fourth-order valence-corrected chi connectivity index (χ4v) is 4.33. The molecular formula is C19H24Br2N4O2S. The zero-order chi connectivity index (χ0) is 18.3. The summed E-state index contributed by atoms with van der Waals surface area (Å²) in [6, 6.07) is 7.50. The average molecular weight is 532 g/mol. The second-order valence-electron chi connectivity index (χ2n) is 6.83. The van der Waals surface area contributed by atoms with Crippen molar-refractivity contribution in [3.63, 3.8) is 0 Å². The van der Waals surface area contributed by atoms with Crippen LogP contribution < -0.4 is 10.2 Å². The summed E-state index contributed by atoms with van der Waals surface area (Å²) in [4.78, 5) is 33.1. The molecule has 9 heteroatoms. The molecule has 0 saturated carbocycles. The van der Waals surface area contributed by atoms with Crippen molar-refractivity contribution in [3.05, 3.63) is 40.1 Å². The van der Waals surface area contributed by atoms with Gasteiger partial charge in [0.2, 0.25) is 5.91 Å². The molecule has 1 saturated heterocycles. The van der Waals surface area contributed by atoms with Crippen molar-refractivity contribution in [1.82, 2.24) is 9.80 Å². The number of hydrogen-bond donors (Lipinski definition) is 1. The van der Waals surface area contributed by atoms with Crippen LogP contribution in [-0.4, -0.2) is 61.4 Å². The number of amides is 2. The van der Waals surface area contributed by atoms with Crippen molar-refractivity contribution < 1.29 is 9.59 Å². The Kier molecular flexibility index (Phi) is 7.81. The Balaban J connectivity index is 0.00000140. The maximum Gasteiger partial charge on any atom is 0.258 e. The molecular weight excluding hydrogens is 508 g/mol. The molecule has 2 aliphatic rings. The highest BCUT2D eigenvalue weighted by Gasteiger charge is 2.32. The molecule has 1 N–H and O–H groups in total. The summed E-state index contributed by atoms with van der Waals surface area (Å²) in [6.07, 6.45) is 0. The van der Waals surface area contributed by atoms with Crippen molar-refractivity contribution in [2.24, 2.45) is 0 Å². The standard InChI is InChI=1S/C19H22N4O2S.2BrH/c1-13-18-14(12-26-13)19(25)20-15-5-3-4-6-16(15)23(18)17(24)11-22-9-7-21(2)8-10-22;;/h3-6,12H,7-11H2,1-2H3,(H,20,25);2*1H. The molecule has 0 unspecified atom stereocenters. The van der Waals surface area contributed by atoms with Gasteiger partial charge in [-0.25, -0.2) is 0 Å². The number of thiophene rings is 1. The third-order valence-corrected chi connectivity index (χ3v) is 5.91. The van der Waals surface area contributed by atoms with Gasteiger partial charge < -0.3 is 10.2 Å². The van der Waals surface area contributed by atoms with Crippen LogP contribution in [0.4, 0.5) is 17.1 Å². The maximum atomic E-state index is 13.3. The minimum absolute atomic E-state index is 0. The quantitative estimate of drug-likeness (QED) is 0.642. The Hall–Kier alpha value is -1.26. The van der Waals surface area contributed by atoms with Gasteiger partial charge in [-0.2, -0.15) is 0 Å². The van der Waals surface area contributed by atoms with Crippen molar-refractivity contribution in [1.29, 1.82) is 0 Å².